The summed E-state index contributed by atoms with van der Waals surface area (Å²) in [6.07, 6.45) is 0.561. The van der Waals surface area contributed by atoms with E-state index in [0.29, 0.717) is 66.4 Å². The van der Waals surface area contributed by atoms with Crippen LogP contribution in [0.1, 0.15) is 39.3 Å². The number of nitrogens with one attached hydrogen (secondary N) is 1. The Hall–Kier alpha value is -3.13. The molecular formula is C20H21N3O5. The standard InChI is InChI=1S/C20H21N3O5/c1-3-14-16(12(2)28-22-14)19(24)21-17-13-6-4-5-7-15(13)27-18(17)20(25)23-8-10-26-11-9-23/h4-7H,3,8-11H2,1-2H3,(H,21,24). The molecule has 4 rings (SSSR count). The van der Waals surface area contributed by atoms with Crippen molar-refractivity contribution in [3.8, 4) is 0 Å². The normalized spacial score (nSPS) is 14.4. The topological polar surface area (TPSA) is 97.8 Å². The molecule has 3 heterocycles. The number of hydrogen-bond acceptors (Lipinski definition) is 6. The van der Waals surface area contributed by atoms with Crippen LogP contribution < -0.4 is 5.32 Å². The van der Waals surface area contributed by atoms with Crippen molar-refractivity contribution in [2.45, 2.75) is 20.3 Å². The van der Waals surface area contributed by atoms with Gasteiger partial charge >= 0.3 is 0 Å². The van der Waals surface area contributed by atoms with E-state index in [1.54, 1.807) is 17.9 Å². The molecule has 2 amide bonds. The molecular weight excluding hydrogens is 362 g/mol. The van der Waals surface area contributed by atoms with Crippen molar-refractivity contribution in [1.29, 1.82) is 0 Å². The highest BCUT2D eigenvalue weighted by Crippen LogP contribution is 2.32. The second-order valence-corrected chi connectivity index (χ2v) is 6.58. The third-order valence-electron chi connectivity index (χ3n) is 4.82. The Bertz CT molecular complexity index is 1030. The lowest BCUT2D eigenvalue weighted by Gasteiger charge is -2.26. The van der Waals surface area contributed by atoms with Crippen molar-refractivity contribution < 1.29 is 23.3 Å². The van der Waals surface area contributed by atoms with Gasteiger partial charge in [0.25, 0.3) is 11.8 Å². The average Bonchev–Trinajstić information content (AvgIpc) is 3.28. The molecule has 3 aromatic rings. The molecule has 2 aromatic heterocycles. The zero-order valence-corrected chi connectivity index (χ0v) is 15.8. The number of aromatic nitrogens is 1. The highest BCUT2D eigenvalue weighted by atomic mass is 16.5. The van der Waals surface area contributed by atoms with Crippen LogP contribution in [0.4, 0.5) is 5.69 Å². The predicted molar refractivity (Wildman–Crippen MR) is 102 cm³/mol. The number of aryl methyl sites for hydroxylation is 2. The van der Waals surface area contributed by atoms with Crippen LogP contribution in [-0.4, -0.2) is 48.2 Å². The largest absolute Gasteiger partial charge is 0.449 e. The van der Waals surface area contributed by atoms with Gasteiger partial charge in [-0.15, -0.1) is 0 Å². The molecule has 0 spiro atoms. The maximum atomic E-state index is 13.0. The number of para-hydroxylation sites is 1. The molecule has 28 heavy (non-hydrogen) atoms. The summed E-state index contributed by atoms with van der Waals surface area (Å²) in [4.78, 5) is 27.7. The van der Waals surface area contributed by atoms with Crippen LogP contribution in [0.5, 0.6) is 0 Å². The minimum Gasteiger partial charge on any atom is -0.449 e. The molecule has 0 aliphatic carbocycles. The first-order valence-corrected chi connectivity index (χ1v) is 9.25. The Morgan fingerprint density at radius 3 is 2.71 bits per heavy atom. The molecule has 1 saturated heterocycles. The minimum absolute atomic E-state index is 0.114. The summed E-state index contributed by atoms with van der Waals surface area (Å²) in [5, 5.41) is 7.46. The second-order valence-electron chi connectivity index (χ2n) is 6.58. The summed E-state index contributed by atoms with van der Waals surface area (Å²) in [7, 11) is 0. The lowest BCUT2D eigenvalue weighted by atomic mass is 10.1. The van der Waals surface area contributed by atoms with Crippen LogP contribution in [0.25, 0.3) is 11.0 Å². The molecule has 8 nitrogen and oxygen atoms in total. The molecule has 1 aliphatic heterocycles. The minimum atomic E-state index is -0.377. The smallest absolute Gasteiger partial charge is 0.291 e. The van der Waals surface area contributed by atoms with Crippen molar-refractivity contribution in [1.82, 2.24) is 10.1 Å². The molecule has 8 heteroatoms. The quantitative estimate of drug-likeness (QED) is 0.744. The average molecular weight is 383 g/mol. The number of ether oxygens (including phenoxy) is 1. The zero-order valence-electron chi connectivity index (χ0n) is 15.8. The summed E-state index contributed by atoms with van der Waals surface area (Å²) >= 11 is 0. The number of nitrogens with zero attached hydrogens (tertiary/aromatic N) is 2. The van der Waals surface area contributed by atoms with E-state index in [4.69, 9.17) is 13.7 Å². The van der Waals surface area contributed by atoms with Gasteiger partial charge in [0.05, 0.1) is 18.9 Å². The lowest BCUT2D eigenvalue weighted by molar-refractivity contribution is 0.0285. The lowest BCUT2D eigenvalue weighted by Crippen LogP contribution is -2.40. The molecule has 0 radical (unpaired) electrons. The van der Waals surface area contributed by atoms with Gasteiger partial charge in [-0.05, 0) is 25.5 Å². The van der Waals surface area contributed by atoms with Gasteiger partial charge in [-0.2, -0.15) is 0 Å². The maximum absolute atomic E-state index is 13.0. The number of furan rings is 1. The Morgan fingerprint density at radius 2 is 1.96 bits per heavy atom. The van der Waals surface area contributed by atoms with Crippen molar-refractivity contribution >= 4 is 28.5 Å². The van der Waals surface area contributed by atoms with Gasteiger partial charge in [-0.3, -0.25) is 9.59 Å². The van der Waals surface area contributed by atoms with E-state index in [9.17, 15) is 9.59 Å². The first-order valence-electron chi connectivity index (χ1n) is 9.25. The number of fused-ring (bicyclic) bond motifs is 1. The number of amides is 2. The molecule has 1 aromatic carbocycles. The number of anilines is 1. The van der Waals surface area contributed by atoms with Gasteiger partial charge in [0.2, 0.25) is 5.76 Å². The van der Waals surface area contributed by atoms with Crippen LogP contribution in [0.3, 0.4) is 0 Å². The van der Waals surface area contributed by atoms with E-state index < -0.39 is 0 Å². The Kier molecular flexibility index (Phi) is 4.87. The van der Waals surface area contributed by atoms with Crippen LogP contribution in [0.2, 0.25) is 0 Å². The molecule has 1 fully saturated rings. The zero-order chi connectivity index (χ0) is 19.7. The monoisotopic (exact) mass is 383 g/mol. The number of carbonyl (C=O) groups excluding carboxylic acids is 2. The Morgan fingerprint density at radius 1 is 1.21 bits per heavy atom. The molecule has 0 unspecified atom stereocenters. The fourth-order valence-electron chi connectivity index (χ4n) is 3.36. The second kappa shape index (κ2) is 7.47. The van der Waals surface area contributed by atoms with Crippen LogP contribution >= 0.6 is 0 Å². The fourth-order valence-corrected chi connectivity index (χ4v) is 3.36. The van der Waals surface area contributed by atoms with Crippen molar-refractivity contribution in [3.05, 3.63) is 47.0 Å². The van der Waals surface area contributed by atoms with E-state index in [0.717, 1.165) is 0 Å². The van der Waals surface area contributed by atoms with E-state index in [2.05, 4.69) is 10.5 Å². The van der Waals surface area contributed by atoms with E-state index in [1.165, 1.54) is 0 Å². The number of rotatable bonds is 4. The van der Waals surface area contributed by atoms with E-state index in [1.807, 2.05) is 25.1 Å². The molecule has 0 bridgehead atoms. The Balaban J connectivity index is 1.74. The predicted octanol–water partition coefficient (Wildman–Crippen LogP) is 3.02. The van der Waals surface area contributed by atoms with E-state index >= 15 is 0 Å². The van der Waals surface area contributed by atoms with Gasteiger partial charge in [-0.25, -0.2) is 0 Å². The van der Waals surface area contributed by atoms with Crippen molar-refractivity contribution in [3.63, 3.8) is 0 Å². The fraction of sp³-hybridized carbons (Fsp3) is 0.350. The number of carbonyl (C=O) groups is 2. The molecule has 1 N–H and O–H groups in total. The van der Waals surface area contributed by atoms with Gasteiger partial charge in [0.15, 0.2) is 0 Å². The summed E-state index contributed by atoms with van der Waals surface area (Å²) in [6, 6.07) is 7.23. The molecule has 0 atom stereocenters. The van der Waals surface area contributed by atoms with Crippen LogP contribution in [0.15, 0.2) is 33.2 Å². The summed E-state index contributed by atoms with van der Waals surface area (Å²) < 4.78 is 16.3. The van der Waals surface area contributed by atoms with Crippen molar-refractivity contribution in [2.24, 2.45) is 0 Å². The molecule has 146 valence electrons. The van der Waals surface area contributed by atoms with Crippen LogP contribution in [0, 0.1) is 6.92 Å². The number of hydrogen-bond donors (Lipinski definition) is 1. The summed E-state index contributed by atoms with van der Waals surface area (Å²) in [5.74, 6) is -0.0995. The molecule has 1 aliphatic rings. The SMILES string of the molecule is CCc1noc(C)c1C(=O)Nc1c(C(=O)N2CCOCC2)oc2ccccc12. The first-order chi connectivity index (χ1) is 13.6. The summed E-state index contributed by atoms with van der Waals surface area (Å²) in [5.41, 5.74) is 1.85. The molecule has 0 saturated carbocycles. The number of morpholine rings is 1. The highest BCUT2D eigenvalue weighted by molar-refractivity contribution is 6.14. The maximum Gasteiger partial charge on any atom is 0.291 e. The third kappa shape index (κ3) is 3.16. The summed E-state index contributed by atoms with van der Waals surface area (Å²) in [6.45, 7) is 5.51. The number of benzene rings is 1. The highest BCUT2D eigenvalue weighted by Gasteiger charge is 2.29. The van der Waals surface area contributed by atoms with Gasteiger partial charge in [0, 0.05) is 18.5 Å². The van der Waals surface area contributed by atoms with Gasteiger partial charge in [-0.1, -0.05) is 24.2 Å². The third-order valence-corrected chi connectivity index (χ3v) is 4.82. The van der Waals surface area contributed by atoms with Crippen LogP contribution in [-0.2, 0) is 11.2 Å². The first kappa shape index (κ1) is 18.2. The Labute approximate surface area is 161 Å². The van der Waals surface area contributed by atoms with Crippen molar-refractivity contribution in [2.75, 3.05) is 31.6 Å². The van der Waals surface area contributed by atoms with Gasteiger partial charge < -0.3 is 23.9 Å². The van der Waals surface area contributed by atoms with Gasteiger partial charge in [0.1, 0.15) is 22.6 Å². The van der Waals surface area contributed by atoms with E-state index in [-0.39, 0.29) is 17.6 Å².